The number of tetrazole rings is 1. The molecule has 2 aromatic rings. The van der Waals surface area contributed by atoms with E-state index in [9.17, 15) is 0 Å². The van der Waals surface area contributed by atoms with E-state index in [0.29, 0.717) is 6.04 Å². The molecule has 0 aliphatic heterocycles. The fourth-order valence-corrected chi connectivity index (χ4v) is 2.19. The van der Waals surface area contributed by atoms with Gasteiger partial charge in [0, 0.05) is 12.5 Å². The zero-order chi connectivity index (χ0) is 13.7. The van der Waals surface area contributed by atoms with Gasteiger partial charge in [-0.3, -0.25) is 0 Å². The van der Waals surface area contributed by atoms with Gasteiger partial charge in [-0.05, 0) is 43.2 Å². The summed E-state index contributed by atoms with van der Waals surface area (Å²) in [6.45, 7) is 2.16. The van der Waals surface area contributed by atoms with Crippen LogP contribution in [0.2, 0.25) is 0 Å². The molecule has 1 unspecified atom stereocenters. The van der Waals surface area contributed by atoms with E-state index in [1.807, 2.05) is 7.05 Å². The minimum atomic E-state index is 0.379. The van der Waals surface area contributed by atoms with Crippen molar-refractivity contribution in [3.05, 3.63) is 41.2 Å². The van der Waals surface area contributed by atoms with Crippen molar-refractivity contribution in [1.82, 2.24) is 25.5 Å². The Morgan fingerprint density at radius 1 is 1.32 bits per heavy atom. The molecule has 0 radical (unpaired) electrons. The van der Waals surface area contributed by atoms with Gasteiger partial charge in [0.2, 0.25) is 0 Å². The van der Waals surface area contributed by atoms with E-state index in [2.05, 4.69) is 51.9 Å². The molecule has 0 saturated heterocycles. The Labute approximate surface area is 114 Å². The summed E-state index contributed by atoms with van der Waals surface area (Å²) in [5, 5.41) is 15.5. The molecule has 1 N–H and O–H groups in total. The molecule has 1 aromatic carbocycles. The third kappa shape index (κ3) is 3.86. The summed E-state index contributed by atoms with van der Waals surface area (Å²) in [7, 11) is 3.77. The molecule has 0 saturated carbocycles. The first-order chi connectivity index (χ1) is 9.19. The molecule has 0 bridgehead atoms. The Kier molecular flexibility index (Phi) is 4.63. The van der Waals surface area contributed by atoms with Crippen LogP contribution in [0.15, 0.2) is 24.3 Å². The van der Waals surface area contributed by atoms with Crippen LogP contribution < -0.4 is 5.32 Å². The summed E-state index contributed by atoms with van der Waals surface area (Å²) in [4.78, 5) is 1.50. The molecule has 0 amide bonds. The van der Waals surface area contributed by atoms with Crippen LogP contribution in [0.25, 0.3) is 0 Å². The van der Waals surface area contributed by atoms with Gasteiger partial charge in [-0.25, -0.2) is 0 Å². The number of rotatable bonds is 6. The third-order valence-electron chi connectivity index (χ3n) is 3.41. The number of hydrogen-bond donors (Lipinski definition) is 1. The van der Waals surface area contributed by atoms with Crippen LogP contribution in [-0.2, 0) is 19.9 Å². The Morgan fingerprint density at radius 3 is 2.74 bits per heavy atom. The molecule has 0 aliphatic rings. The lowest BCUT2D eigenvalue weighted by Gasteiger charge is -2.14. The molecule has 102 valence electrons. The van der Waals surface area contributed by atoms with Crippen LogP contribution in [-0.4, -0.2) is 33.3 Å². The summed E-state index contributed by atoms with van der Waals surface area (Å²) in [6, 6.07) is 8.92. The SMILES string of the molecule is CNC(CCc1ccccc1C)Cc1nnn(C)n1. The van der Waals surface area contributed by atoms with E-state index in [1.165, 1.54) is 15.9 Å². The first-order valence-corrected chi connectivity index (χ1v) is 6.63. The predicted octanol–water partition coefficient (Wildman–Crippen LogP) is 1.28. The van der Waals surface area contributed by atoms with E-state index >= 15 is 0 Å². The second-order valence-electron chi connectivity index (χ2n) is 4.85. The van der Waals surface area contributed by atoms with E-state index in [1.54, 1.807) is 7.05 Å². The first-order valence-electron chi connectivity index (χ1n) is 6.63. The van der Waals surface area contributed by atoms with Crippen LogP contribution in [0.5, 0.6) is 0 Å². The van der Waals surface area contributed by atoms with E-state index < -0.39 is 0 Å². The maximum atomic E-state index is 4.23. The maximum Gasteiger partial charge on any atom is 0.176 e. The molecular weight excluding hydrogens is 238 g/mol. The highest BCUT2D eigenvalue weighted by Crippen LogP contribution is 2.12. The number of aromatic nitrogens is 4. The summed E-state index contributed by atoms with van der Waals surface area (Å²) in [5.74, 6) is 0.798. The number of benzene rings is 1. The summed E-state index contributed by atoms with van der Waals surface area (Å²) in [5.41, 5.74) is 2.77. The zero-order valence-corrected chi connectivity index (χ0v) is 11.8. The van der Waals surface area contributed by atoms with Crippen molar-refractivity contribution >= 4 is 0 Å². The van der Waals surface area contributed by atoms with Crippen molar-refractivity contribution in [2.24, 2.45) is 7.05 Å². The number of hydrogen-bond acceptors (Lipinski definition) is 4. The van der Waals surface area contributed by atoms with Crippen LogP contribution in [0, 0.1) is 6.92 Å². The third-order valence-corrected chi connectivity index (χ3v) is 3.41. The minimum Gasteiger partial charge on any atom is -0.317 e. The summed E-state index contributed by atoms with van der Waals surface area (Å²) >= 11 is 0. The number of nitrogens with one attached hydrogen (secondary N) is 1. The summed E-state index contributed by atoms with van der Waals surface area (Å²) in [6.07, 6.45) is 2.95. The van der Waals surface area contributed by atoms with Crippen molar-refractivity contribution in [2.75, 3.05) is 7.05 Å². The number of aryl methyl sites for hydroxylation is 3. The van der Waals surface area contributed by atoms with Crippen molar-refractivity contribution < 1.29 is 0 Å². The quantitative estimate of drug-likeness (QED) is 0.849. The molecule has 0 fully saturated rings. The molecule has 1 aromatic heterocycles. The molecule has 5 heteroatoms. The molecule has 0 aliphatic carbocycles. The van der Waals surface area contributed by atoms with Gasteiger partial charge in [-0.2, -0.15) is 4.80 Å². The van der Waals surface area contributed by atoms with Crippen LogP contribution in [0.3, 0.4) is 0 Å². The lowest BCUT2D eigenvalue weighted by molar-refractivity contribution is 0.507. The largest absolute Gasteiger partial charge is 0.317 e. The van der Waals surface area contributed by atoms with Crippen LogP contribution >= 0.6 is 0 Å². The van der Waals surface area contributed by atoms with Crippen molar-refractivity contribution in [3.8, 4) is 0 Å². The van der Waals surface area contributed by atoms with Crippen molar-refractivity contribution in [3.63, 3.8) is 0 Å². The Morgan fingerprint density at radius 2 is 2.11 bits per heavy atom. The molecule has 1 atom stereocenters. The van der Waals surface area contributed by atoms with Crippen LogP contribution in [0.4, 0.5) is 0 Å². The first kappa shape index (κ1) is 13.7. The standard InChI is InChI=1S/C14H21N5/c1-11-6-4-5-7-12(11)8-9-13(15-2)10-14-16-18-19(3)17-14/h4-7,13,15H,8-10H2,1-3H3. The van der Waals surface area contributed by atoms with Gasteiger partial charge in [0.25, 0.3) is 0 Å². The van der Waals surface area contributed by atoms with Crippen molar-refractivity contribution in [2.45, 2.75) is 32.2 Å². The fourth-order valence-electron chi connectivity index (χ4n) is 2.19. The molecule has 2 rings (SSSR count). The smallest absolute Gasteiger partial charge is 0.176 e. The fraction of sp³-hybridized carbons (Fsp3) is 0.500. The van der Waals surface area contributed by atoms with Gasteiger partial charge < -0.3 is 5.32 Å². The van der Waals surface area contributed by atoms with Gasteiger partial charge in [0.05, 0.1) is 7.05 Å². The second kappa shape index (κ2) is 6.43. The molecule has 1 heterocycles. The molecular formula is C14H21N5. The maximum absolute atomic E-state index is 4.23. The molecule has 5 nitrogen and oxygen atoms in total. The van der Waals surface area contributed by atoms with E-state index in [-0.39, 0.29) is 0 Å². The average molecular weight is 259 g/mol. The normalized spacial score (nSPS) is 12.6. The number of likely N-dealkylation sites (N-methyl/N-ethyl adjacent to an activating group) is 1. The Hall–Kier alpha value is -1.75. The summed E-state index contributed by atoms with van der Waals surface area (Å²) < 4.78 is 0. The molecule has 19 heavy (non-hydrogen) atoms. The monoisotopic (exact) mass is 259 g/mol. The van der Waals surface area contributed by atoms with Gasteiger partial charge in [0.1, 0.15) is 0 Å². The molecule has 0 spiro atoms. The van der Waals surface area contributed by atoms with E-state index in [0.717, 1.165) is 25.1 Å². The lowest BCUT2D eigenvalue weighted by Crippen LogP contribution is -2.28. The highest BCUT2D eigenvalue weighted by molar-refractivity contribution is 5.25. The minimum absolute atomic E-state index is 0.379. The van der Waals surface area contributed by atoms with Gasteiger partial charge in [-0.15, -0.1) is 10.2 Å². The second-order valence-corrected chi connectivity index (χ2v) is 4.85. The lowest BCUT2D eigenvalue weighted by atomic mass is 9.99. The zero-order valence-electron chi connectivity index (χ0n) is 11.8. The topological polar surface area (TPSA) is 55.6 Å². The van der Waals surface area contributed by atoms with E-state index in [4.69, 9.17) is 0 Å². The predicted molar refractivity (Wildman–Crippen MR) is 74.8 cm³/mol. The highest BCUT2D eigenvalue weighted by Gasteiger charge is 2.11. The van der Waals surface area contributed by atoms with Gasteiger partial charge >= 0.3 is 0 Å². The van der Waals surface area contributed by atoms with Crippen molar-refractivity contribution in [1.29, 1.82) is 0 Å². The van der Waals surface area contributed by atoms with Crippen LogP contribution in [0.1, 0.15) is 23.4 Å². The van der Waals surface area contributed by atoms with Gasteiger partial charge in [0.15, 0.2) is 5.82 Å². The highest BCUT2D eigenvalue weighted by atomic mass is 15.6. The average Bonchev–Trinajstić information content (AvgIpc) is 2.81. The van der Waals surface area contributed by atoms with Gasteiger partial charge in [-0.1, -0.05) is 24.3 Å². The Balaban J connectivity index is 1.91. The Bertz CT molecular complexity index is 520. The number of nitrogens with zero attached hydrogens (tertiary/aromatic N) is 4.